The third kappa shape index (κ3) is 3.58. The third-order valence-electron chi connectivity index (χ3n) is 3.60. The summed E-state index contributed by atoms with van der Waals surface area (Å²) in [5, 5.41) is 12.3. The molecule has 0 aliphatic heterocycles. The summed E-state index contributed by atoms with van der Waals surface area (Å²) in [5.74, 6) is 0.258. The molecule has 1 heterocycles. The molecule has 0 saturated carbocycles. The van der Waals surface area contributed by atoms with E-state index in [2.05, 4.69) is 20.5 Å². The number of benzene rings is 2. The van der Waals surface area contributed by atoms with Crippen molar-refractivity contribution >= 4 is 34.8 Å². The van der Waals surface area contributed by atoms with E-state index in [1.807, 2.05) is 37.3 Å². The van der Waals surface area contributed by atoms with Crippen molar-refractivity contribution in [2.45, 2.75) is 13.3 Å². The number of rotatable bonds is 4. The van der Waals surface area contributed by atoms with E-state index in [0.29, 0.717) is 22.2 Å². The average molecular weight is 361 g/mol. The van der Waals surface area contributed by atoms with Crippen LogP contribution in [0, 0.1) is 6.92 Å². The smallest absolute Gasteiger partial charge is 0.274 e. The van der Waals surface area contributed by atoms with Crippen LogP contribution in [0.15, 0.2) is 47.3 Å². The van der Waals surface area contributed by atoms with Gasteiger partial charge < -0.3 is 5.32 Å². The van der Waals surface area contributed by atoms with Crippen molar-refractivity contribution < 1.29 is 0 Å². The molecule has 5 nitrogen and oxygen atoms in total. The predicted octanol–water partition coefficient (Wildman–Crippen LogP) is 4.11. The predicted molar refractivity (Wildman–Crippen MR) is 96.4 cm³/mol. The standard InChI is InChI=1S/C17H14Cl2N4O/c1-10-12(18)7-4-8-14(10)20-17-21-16(24)15(22-23-17)9-11-5-2-3-6-13(11)19/h2-8H,9H2,1H3,(H2,20,21,23,24). The van der Waals surface area contributed by atoms with Gasteiger partial charge in [0, 0.05) is 22.2 Å². The summed E-state index contributed by atoms with van der Waals surface area (Å²) < 4.78 is 0. The van der Waals surface area contributed by atoms with Crippen LogP contribution in [0.1, 0.15) is 16.8 Å². The first kappa shape index (κ1) is 16.5. The number of nitrogens with one attached hydrogen (secondary N) is 2. The van der Waals surface area contributed by atoms with Gasteiger partial charge in [0.15, 0.2) is 0 Å². The summed E-state index contributed by atoms with van der Waals surface area (Å²) in [6.07, 6.45) is 0.318. The number of hydrogen-bond donors (Lipinski definition) is 2. The summed E-state index contributed by atoms with van der Waals surface area (Å²) in [4.78, 5) is 14.9. The Kier molecular flexibility index (Phi) is 4.83. The van der Waals surface area contributed by atoms with E-state index in [0.717, 1.165) is 16.8 Å². The maximum absolute atomic E-state index is 12.2. The van der Waals surface area contributed by atoms with E-state index < -0.39 is 0 Å². The molecule has 0 spiro atoms. The Labute approximate surface area is 148 Å². The van der Waals surface area contributed by atoms with E-state index in [1.165, 1.54) is 0 Å². The molecule has 0 saturated heterocycles. The zero-order valence-corrected chi connectivity index (χ0v) is 14.3. The van der Waals surface area contributed by atoms with Crippen molar-refractivity contribution in [2.75, 3.05) is 5.32 Å². The lowest BCUT2D eigenvalue weighted by Gasteiger charge is -2.09. The Bertz CT molecular complexity index is 940. The van der Waals surface area contributed by atoms with Crippen molar-refractivity contribution in [1.29, 1.82) is 0 Å². The lowest BCUT2D eigenvalue weighted by atomic mass is 10.1. The van der Waals surface area contributed by atoms with Crippen LogP contribution in [0.25, 0.3) is 0 Å². The molecule has 0 fully saturated rings. The normalized spacial score (nSPS) is 10.6. The van der Waals surface area contributed by atoms with E-state index in [9.17, 15) is 4.79 Å². The highest BCUT2D eigenvalue weighted by Gasteiger charge is 2.09. The van der Waals surface area contributed by atoms with E-state index >= 15 is 0 Å². The number of aromatic amines is 1. The largest absolute Gasteiger partial charge is 0.324 e. The molecule has 0 atom stereocenters. The number of hydrogen-bond acceptors (Lipinski definition) is 4. The minimum absolute atomic E-state index is 0.258. The van der Waals surface area contributed by atoms with Gasteiger partial charge >= 0.3 is 0 Å². The van der Waals surface area contributed by atoms with Gasteiger partial charge in [-0.05, 0) is 36.2 Å². The zero-order valence-electron chi connectivity index (χ0n) is 12.8. The molecule has 0 radical (unpaired) electrons. The summed E-state index contributed by atoms with van der Waals surface area (Å²) in [7, 11) is 0. The van der Waals surface area contributed by atoms with Crippen LogP contribution < -0.4 is 10.9 Å². The van der Waals surface area contributed by atoms with Gasteiger partial charge in [-0.15, -0.1) is 10.2 Å². The quantitative estimate of drug-likeness (QED) is 0.734. The minimum Gasteiger partial charge on any atom is -0.324 e. The van der Waals surface area contributed by atoms with Crippen LogP contribution in [0.5, 0.6) is 0 Å². The molecular weight excluding hydrogens is 347 g/mol. The molecule has 0 unspecified atom stereocenters. The van der Waals surface area contributed by atoms with Gasteiger partial charge in [-0.25, -0.2) is 0 Å². The topological polar surface area (TPSA) is 70.7 Å². The van der Waals surface area contributed by atoms with Crippen molar-refractivity contribution in [3.05, 3.63) is 79.7 Å². The number of anilines is 2. The highest BCUT2D eigenvalue weighted by molar-refractivity contribution is 6.31. The van der Waals surface area contributed by atoms with Gasteiger partial charge in [0.25, 0.3) is 5.56 Å². The van der Waals surface area contributed by atoms with Crippen LogP contribution in [0.2, 0.25) is 10.0 Å². The molecule has 2 N–H and O–H groups in total. The molecule has 2 aromatic carbocycles. The second-order valence-corrected chi connectivity index (χ2v) is 6.07. The molecule has 122 valence electrons. The van der Waals surface area contributed by atoms with Gasteiger partial charge in [-0.3, -0.25) is 9.78 Å². The van der Waals surface area contributed by atoms with Gasteiger partial charge in [0.05, 0.1) is 0 Å². The molecule has 24 heavy (non-hydrogen) atoms. The molecule has 0 bridgehead atoms. The third-order valence-corrected chi connectivity index (χ3v) is 4.38. The molecule has 0 aliphatic carbocycles. The fourth-order valence-corrected chi connectivity index (χ4v) is 2.60. The Balaban J connectivity index is 1.84. The van der Waals surface area contributed by atoms with Gasteiger partial charge in [-0.2, -0.15) is 0 Å². The van der Waals surface area contributed by atoms with Crippen LogP contribution >= 0.6 is 23.2 Å². The zero-order chi connectivity index (χ0) is 17.1. The van der Waals surface area contributed by atoms with Gasteiger partial charge in [0.1, 0.15) is 5.69 Å². The van der Waals surface area contributed by atoms with Gasteiger partial charge in [-0.1, -0.05) is 47.5 Å². The van der Waals surface area contributed by atoms with Crippen molar-refractivity contribution in [3.8, 4) is 0 Å². The molecule has 1 aromatic heterocycles. The van der Waals surface area contributed by atoms with Gasteiger partial charge in [0.2, 0.25) is 5.95 Å². The summed E-state index contributed by atoms with van der Waals surface area (Å²) in [6, 6.07) is 12.8. The Hall–Kier alpha value is -2.37. The lowest BCUT2D eigenvalue weighted by Crippen LogP contribution is -2.19. The Morgan fingerprint density at radius 1 is 1.04 bits per heavy atom. The Morgan fingerprint density at radius 2 is 1.79 bits per heavy atom. The minimum atomic E-state index is -0.313. The summed E-state index contributed by atoms with van der Waals surface area (Å²) >= 11 is 12.2. The summed E-state index contributed by atoms with van der Waals surface area (Å²) in [6.45, 7) is 1.88. The average Bonchev–Trinajstić information content (AvgIpc) is 2.56. The Morgan fingerprint density at radius 3 is 2.54 bits per heavy atom. The van der Waals surface area contributed by atoms with Crippen molar-refractivity contribution in [2.24, 2.45) is 0 Å². The SMILES string of the molecule is Cc1c(Cl)cccc1Nc1nnc(Cc2ccccc2Cl)c(=O)[nH]1. The fourth-order valence-electron chi connectivity index (χ4n) is 2.22. The maximum atomic E-state index is 12.2. The van der Waals surface area contributed by atoms with Crippen LogP contribution in [0.4, 0.5) is 11.6 Å². The van der Waals surface area contributed by atoms with E-state index in [-0.39, 0.29) is 11.5 Å². The van der Waals surface area contributed by atoms with E-state index in [4.69, 9.17) is 23.2 Å². The molecule has 0 amide bonds. The first-order valence-corrected chi connectivity index (χ1v) is 8.01. The first-order valence-electron chi connectivity index (χ1n) is 7.26. The van der Waals surface area contributed by atoms with Crippen LogP contribution in [0.3, 0.4) is 0 Å². The van der Waals surface area contributed by atoms with Crippen LogP contribution in [-0.2, 0) is 6.42 Å². The number of halogens is 2. The van der Waals surface area contributed by atoms with Crippen molar-refractivity contribution in [3.63, 3.8) is 0 Å². The monoisotopic (exact) mass is 360 g/mol. The molecule has 3 rings (SSSR count). The second kappa shape index (κ2) is 7.03. The second-order valence-electron chi connectivity index (χ2n) is 5.26. The number of nitrogens with zero attached hydrogens (tertiary/aromatic N) is 2. The van der Waals surface area contributed by atoms with E-state index in [1.54, 1.807) is 12.1 Å². The summed E-state index contributed by atoms with van der Waals surface area (Å²) in [5.41, 5.74) is 2.43. The van der Waals surface area contributed by atoms with Crippen LogP contribution in [-0.4, -0.2) is 15.2 Å². The lowest BCUT2D eigenvalue weighted by molar-refractivity contribution is 0.874. The molecule has 0 aliphatic rings. The fraction of sp³-hybridized carbons (Fsp3) is 0.118. The molecule has 3 aromatic rings. The highest BCUT2D eigenvalue weighted by atomic mass is 35.5. The maximum Gasteiger partial charge on any atom is 0.274 e. The molecular formula is C17H14Cl2N4O. The highest BCUT2D eigenvalue weighted by Crippen LogP contribution is 2.24. The van der Waals surface area contributed by atoms with Crippen molar-refractivity contribution in [1.82, 2.24) is 15.2 Å². The molecule has 7 heteroatoms. The number of H-pyrrole nitrogens is 1. The number of aromatic nitrogens is 3. The first-order chi connectivity index (χ1) is 11.5.